The molecule has 1 aromatic heterocycles. The summed E-state index contributed by atoms with van der Waals surface area (Å²) in [5.41, 5.74) is -1.01. The Morgan fingerprint density at radius 3 is 2.80 bits per heavy atom. The second-order valence-electron chi connectivity index (χ2n) is 4.32. The first-order valence-corrected chi connectivity index (χ1v) is 6.62. The van der Waals surface area contributed by atoms with Gasteiger partial charge >= 0.3 is 5.69 Å². The van der Waals surface area contributed by atoms with E-state index < -0.39 is 11.2 Å². The minimum absolute atomic E-state index is 0.0261. The smallest absolute Gasteiger partial charge is 0.330 e. The van der Waals surface area contributed by atoms with E-state index in [-0.39, 0.29) is 18.4 Å². The van der Waals surface area contributed by atoms with E-state index >= 15 is 0 Å². The SMILES string of the molecule is C#Cc1cn(CO[C@@H](CC)COCCC)c(=O)[nH]c1=O. The summed E-state index contributed by atoms with van der Waals surface area (Å²) in [6, 6.07) is 0. The van der Waals surface area contributed by atoms with Crippen molar-refractivity contribution in [2.75, 3.05) is 13.2 Å². The Balaban J connectivity index is 2.67. The van der Waals surface area contributed by atoms with Crippen molar-refractivity contribution in [1.82, 2.24) is 9.55 Å². The third kappa shape index (κ3) is 4.68. The maximum Gasteiger partial charge on any atom is 0.330 e. The number of H-pyrrole nitrogens is 1. The molecule has 0 radical (unpaired) electrons. The predicted molar refractivity (Wildman–Crippen MR) is 75.5 cm³/mol. The van der Waals surface area contributed by atoms with Gasteiger partial charge in [0.05, 0.1) is 12.7 Å². The molecule has 110 valence electrons. The van der Waals surface area contributed by atoms with Gasteiger partial charge in [0, 0.05) is 12.8 Å². The molecule has 0 spiro atoms. The highest BCUT2D eigenvalue weighted by atomic mass is 16.5. The average molecular weight is 280 g/mol. The Morgan fingerprint density at radius 2 is 2.20 bits per heavy atom. The fraction of sp³-hybridized carbons (Fsp3) is 0.571. The van der Waals surface area contributed by atoms with Crippen LogP contribution in [-0.2, 0) is 16.2 Å². The van der Waals surface area contributed by atoms with E-state index in [1.165, 1.54) is 10.8 Å². The summed E-state index contributed by atoms with van der Waals surface area (Å²) in [6.07, 6.45) is 8.12. The van der Waals surface area contributed by atoms with Crippen molar-refractivity contribution >= 4 is 0 Å². The molecule has 1 atom stereocenters. The summed E-state index contributed by atoms with van der Waals surface area (Å²) in [4.78, 5) is 25.1. The summed E-state index contributed by atoms with van der Waals surface area (Å²) in [7, 11) is 0. The lowest BCUT2D eigenvalue weighted by molar-refractivity contribution is -0.0474. The maximum atomic E-state index is 11.6. The molecule has 0 aromatic carbocycles. The number of aromatic amines is 1. The third-order valence-electron chi connectivity index (χ3n) is 2.72. The van der Waals surface area contributed by atoms with Crippen LogP contribution in [0, 0.1) is 12.3 Å². The van der Waals surface area contributed by atoms with E-state index in [0.717, 1.165) is 12.8 Å². The van der Waals surface area contributed by atoms with Crippen molar-refractivity contribution in [3.63, 3.8) is 0 Å². The van der Waals surface area contributed by atoms with Gasteiger partial charge in [-0.25, -0.2) is 4.79 Å². The quantitative estimate of drug-likeness (QED) is 0.562. The van der Waals surface area contributed by atoms with Gasteiger partial charge in [-0.3, -0.25) is 14.3 Å². The molecule has 1 heterocycles. The molecule has 0 saturated carbocycles. The molecule has 0 amide bonds. The van der Waals surface area contributed by atoms with Crippen molar-refractivity contribution in [3.05, 3.63) is 32.6 Å². The largest absolute Gasteiger partial charge is 0.379 e. The van der Waals surface area contributed by atoms with Crippen LogP contribution >= 0.6 is 0 Å². The van der Waals surface area contributed by atoms with Crippen LogP contribution in [0.3, 0.4) is 0 Å². The number of hydrogen-bond acceptors (Lipinski definition) is 4. The van der Waals surface area contributed by atoms with E-state index in [1.54, 1.807) is 0 Å². The Hall–Kier alpha value is -1.84. The van der Waals surface area contributed by atoms with Gasteiger partial charge in [0.1, 0.15) is 12.3 Å². The lowest BCUT2D eigenvalue weighted by Crippen LogP contribution is -2.33. The monoisotopic (exact) mass is 280 g/mol. The van der Waals surface area contributed by atoms with Crippen LogP contribution in [0.15, 0.2) is 15.8 Å². The highest BCUT2D eigenvalue weighted by Crippen LogP contribution is 2.01. The molecule has 1 rings (SSSR count). The minimum atomic E-state index is -0.563. The van der Waals surface area contributed by atoms with E-state index in [0.29, 0.717) is 13.2 Å². The Morgan fingerprint density at radius 1 is 1.45 bits per heavy atom. The molecule has 6 heteroatoms. The molecule has 6 nitrogen and oxygen atoms in total. The third-order valence-corrected chi connectivity index (χ3v) is 2.72. The first-order chi connectivity index (χ1) is 9.62. The Labute approximate surface area is 117 Å². The second kappa shape index (κ2) is 8.35. The van der Waals surface area contributed by atoms with Gasteiger partial charge in [0.15, 0.2) is 0 Å². The standard InChI is InChI=1S/C14H20N2O4/c1-4-7-19-9-12(6-3)20-10-16-8-11(5-2)13(17)15-14(16)18/h2,8,12H,4,6-7,9-10H2,1,3H3,(H,15,17,18)/t12-/m0/s1. The van der Waals surface area contributed by atoms with Crippen LogP contribution in [0.25, 0.3) is 0 Å². The predicted octanol–water partition coefficient (Wildman–Crippen LogP) is 0.697. The zero-order valence-electron chi connectivity index (χ0n) is 11.8. The molecule has 0 aliphatic rings. The lowest BCUT2D eigenvalue weighted by Gasteiger charge is -2.16. The Bertz CT molecular complexity index is 568. The van der Waals surface area contributed by atoms with Gasteiger partial charge in [-0.1, -0.05) is 19.8 Å². The number of aromatic nitrogens is 2. The molecule has 0 aliphatic carbocycles. The number of hydrogen-bond donors (Lipinski definition) is 1. The summed E-state index contributed by atoms with van der Waals surface area (Å²) in [6.45, 7) is 5.19. The number of nitrogens with one attached hydrogen (secondary N) is 1. The number of ether oxygens (including phenoxy) is 2. The van der Waals surface area contributed by atoms with E-state index in [4.69, 9.17) is 15.9 Å². The molecule has 0 fully saturated rings. The van der Waals surface area contributed by atoms with Crippen molar-refractivity contribution in [2.24, 2.45) is 0 Å². The fourth-order valence-electron chi connectivity index (χ4n) is 1.54. The van der Waals surface area contributed by atoms with Crippen molar-refractivity contribution < 1.29 is 9.47 Å². The Kier molecular flexibility index (Phi) is 6.77. The van der Waals surface area contributed by atoms with Crippen molar-refractivity contribution in [2.45, 2.75) is 39.5 Å². The van der Waals surface area contributed by atoms with Crippen LogP contribution in [-0.4, -0.2) is 28.9 Å². The topological polar surface area (TPSA) is 73.3 Å². The average Bonchev–Trinajstić information content (AvgIpc) is 2.44. The molecule has 0 bridgehead atoms. The van der Waals surface area contributed by atoms with Crippen LogP contribution < -0.4 is 11.2 Å². The normalized spacial score (nSPS) is 12.1. The van der Waals surface area contributed by atoms with Crippen LogP contribution in [0.5, 0.6) is 0 Å². The van der Waals surface area contributed by atoms with Crippen LogP contribution in [0.4, 0.5) is 0 Å². The van der Waals surface area contributed by atoms with Crippen molar-refractivity contribution in [3.8, 4) is 12.3 Å². The van der Waals surface area contributed by atoms with E-state index in [1.807, 2.05) is 13.8 Å². The van der Waals surface area contributed by atoms with Gasteiger partial charge in [-0.15, -0.1) is 6.42 Å². The highest BCUT2D eigenvalue weighted by Gasteiger charge is 2.08. The number of terminal acetylenes is 1. The molecular formula is C14H20N2O4. The molecule has 0 unspecified atom stereocenters. The summed E-state index contributed by atoms with van der Waals surface area (Å²) in [5.74, 6) is 2.22. The second-order valence-corrected chi connectivity index (χ2v) is 4.32. The maximum absolute atomic E-state index is 11.6. The van der Waals surface area contributed by atoms with E-state index in [2.05, 4.69) is 10.9 Å². The van der Waals surface area contributed by atoms with E-state index in [9.17, 15) is 9.59 Å². The summed E-state index contributed by atoms with van der Waals surface area (Å²) < 4.78 is 12.2. The molecule has 1 N–H and O–H groups in total. The van der Waals surface area contributed by atoms with Gasteiger partial charge in [-0.05, 0) is 12.8 Å². The van der Waals surface area contributed by atoms with Gasteiger partial charge in [-0.2, -0.15) is 0 Å². The number of rotatable bonds is 8. The first kappa shape index (κ1) is 16.2. The number of nitrogens with zero attached hydrogens (tertiary/aromatic N) is 1. The van der Waals surface area contributed by atoms with Crippen molar-refractivity contribution in [1.29, 1.82) is 0 Å². The van der Waals surface area contributed by atoms with Gasteiger partial charge in [0.2, 0.25) is 0 Å². The fourth-order valence-corrected chi connectivity index (χ4v) is 1.54. The lowest BCUT2D eigenvalue weighted by atomic mass is 10.3. The molecular weight excluding hydrogens is 260 g/mol. The van der Waals surface area contributed by atoms with Gasteiger partial charge in [0.25, 0.3) is 5.56 Å². The molecule has 0 saturated heterocycles. The summed E-state index contributed by atoms with van der Waals surface area (Å²) >= 11 is 0. The molecule has 1 aromatic rings. The van der Waals surface area contributed by atoms with Crippen LogP contribution in [0.1, 0.15) is 32.3 Å². The van der Waals surface area contributed by atoms with Crippen LogP contribution in [0.2, 0.25) is 0 Å². The highest BCUT2D eigenvalue weighted by molar-refractivity contribution is 5.25. The minimum Gasteiger partial charge on any atom is -0.379 e. The zero-order valence-corrected chi connectivity index (χ0v) is 11.8. The molecule has 20 heavy (non-hydrogen) atoms. The zero-order chi connectivity index (χ0) is 15.0. The first-order valence-electron chi connectivity index (χ1n) is 6.62. The summed E-state index contributed by atoms with van der Waals surface area (Å²) in [5, 5.41) is 0. The van der Waals surface area contributed by atoms with Gasteiger partial charge < -0.3 is 9.47 Å². The molecule has 0 aliphatic heterocycles.